The van der Waals surface area contributed by atoms with Gasteiger partial charge in [0.05, 0.1) is 12.5 Å². The molecular formula is C8H15O3PS. The highest BCUT2D eigenvalue weighted by molar-refractivity contribution is 8.44. The minimum atomic E-state index is -3.26. The first-order valence-corrected chi connectivity index (χ1v) is 6.49. The van der Waals surface area contributed by atoms with Crippen LogP contribution in [0.1, 0.15) is 27.7 Å². The molecule has 0 aromatic rings. The number of allylic oxidation sites excluding steroid dienone is 2. The summed E-state index contributed by atoms with van der Waals surface area (Å²) in [5, 5.41) is 0. The maximum Gasteiger partial charge on any atom is 0.488 e. The third-order valence-electron chi connectivity index (χ3n) is 0.843. The lowest BCUT2D eigenvalue weighted by Gasteiger charge is -2.09. The van der Waals surface area contributed by atoms with E-state index in [4.69, 9.17) is 9.05 Å². The average molecular weight is 222 g/mol. The molecule has 0 saturated heterocycles. The highest BCUT2D eigenvalue weighted by Crippen LogP contribution is 2.53. The molecule has 0 aliphatic heterocycles. The molecule has 0 rings (SSSR count). The zero-order valence-electron chi connectivity index (χ0n) is 8.27. The van der Waals surface area contributed by atoms with Gasteiger partial charge < -0.3 is 9.05 Å². The predicted octanol–water partition coefficient (Wildman–Crippen LogP) is 3.90. The molecule has 0 heterocycles. The maximum atomic E-state index is 11.4. The van der Waals surface area contributed by atoms with E-state index in [-0.39, 0.29) is 0 Å². The van der Waals surface area contributed by atoms with Gasteiger partial charge in [-0.05, 0) is 51.1 Å². The molecule has 0 amide bonds. The van der Waals surface area contributed by atoms with Crippen LogP contribution >= 0.6 is 19.0 Å². The van der Waals surface area contributed by atoms with E-state index >= 15 is 0 Å². The van der Waals surface area contributed by atoms with E-state index < -0.39 is 6.80 Å². The minimum absolute atomic E-state index is 0.898. The Labute approximate surface area is 84.5 Å². The molecule has 76 valence electrons. The van der Waals surface area contributed by atoms with Crippen molar-refractivity contribution in [2.45, 2.75) is 27.7 Å². The van der Waals surface area contributed by atoms with Gasteiger partial charge in [0.2, 0.25) is 0 Å². The van der Waals surface area contributed by atoms with E-state index in [1.807, 2.05) is 27.7 Å². The summed E-state index contributed by atoms with van der Waals surface area (Å²) in [7, 11) is 0. The van der Waals surface area contributed by atoms with E-state index in [1.54, 1.807) is 0 Å². The monoisotopic (exact) mass is 222 g/mol. The van der Waals surface area contributed by atoms with E-state index in [0.717, 1.165) is 11.1 Å². The smallest absolute Gasteiger partial charge is 0.417 e. The third-order valence-corrected chi connectivity index (χ3v) is 2.15. The van der Waals surface area contributed by atoms with Crippen molar-refractivity contribution in [3.05, 3.63) is 23.7 Å². The molecule has 0 unspecified atom stereocenters. The van der Waals surface area contributed by atoms with Gasteiger partial charge in [-0.3, -0.25) is 0 Å². The Morgan fingerprint density at radius 1 is 1.08 bits per heavy atom. The average Bonchev–Trinajstić information content (AvgIpc) is 1.98. The standard InChI is InChI=1S/C8H15O3PS/c1-7(2)5-10-12(9,13)11-6-8(3)4/h5-6H,1-4H3,(H,9,13). The van der Waals surface area contributed by atoms with Crippen molar-refractivity contribution >= 4 is 19.0 Å². The lowest BCUT2D eigenvalue weighted by atomic mass is 10.4. The summed E-state index contributed by atoms with van der Waals surface area (Å²) in [6.07, 6.45) is 2.74. The quantitative estimate of drug-likeness (QED) is 0.445. The Morgan fingerprint density at radius 3 is 1.62 bits per heavy atom. The van der Waals surface area contributed by atoms with Crippen LogP contribution in [0.15, 0.2) is 23.7 Å². The van der Waals surface area contributed by atoms with Crippen molar-refractivity contribution < 1.29 is 13.6 Å². The molecule has 0 fully saturated rings. The fourth-order valence-electron chi connectivity index (χ4n) is 0.369. The molecule has 5 heteroatoms. The Morgan fingerprint density at radius 2 is 1.38 bits per heavy atom. The van der Waals surface area contributed by atoms with E-state index in [1.165, 1.54) is 12.5 Å². The van der Waals surface area contributed by atoms with Crippen molar-refractivity contribution in [3.63, 3.8) is 0 Å². The third kappa shape index (κ3) is 8.00. The lowest BCUT2D eigenvalue weighted by Crippen LogP contribution is -1.80. The first-order valence-electron chi connectivity index (χ1n) is 3.80. The van der Waals surface area contributed by atoms with Gasteiger partial charge in [-0.25, -0.2) is 4.57 Å². The summed E-state index contributed by atoms with van der Waals surface area (Å²) >= 11 is 3.76. The summed E-state index contributed by atoms with van der Waals surface area (Å²) in [5.41, 5.74) is 1.80. The fraction of sp³-hybridized carbons (Fsp3) is 0.500. The first-order chi connectivity index (χ1) is 5.83. The molecule has 0 N–H and O–H groups in total. The number of hydrogen-bond donors (Lipinski definition) is 1. The van der Waals surface area contributed by atoms with Crippen molar-refractivity contribution in [1.29, 1.82) is 0 Å². The van der Waals surface area contributed by atoms with Gasteiger partial charge in [-0.15, -0.1) is 0 Å². The Hall–Kier alpha value is -0.340. The summed E-state index contributed by atoms with van der Waals surface area (Å²) in [4.78, 5) is 0. The van der Waals surface area contributed by atoms with Crippen LogP contribution in [0.2, 0.25) is 0 Å². The predicted molar refractivity (Wildman–Crippen MR) is 57.6 cm³/mol. The zero-order chi connectivity index (χ0) is 10.5. The molecule has 0 saturated carbocycles. The highest BCUT2D eigenvalue weighted by Gasteiger charge is 2.17. The van der Waals surface area contributed by atoms with Gasteiger partial charge in [-0.1, -0.05) is 0 Å². The highest BCUT2D eigenvalue weighted by atomic mass is 32.7. The van der Waals surface area contributed by atoms with Gasteiger partial charge in [0, 0.05) is 0 Å². The zero-order valence-corrected chi connectivity index (χ0v) is 10.1. The van der Waals surface area contributed by atoms with Gasteiger partial charge in [-0.2, -0.15) is 0 Å². The lowest BCUT2D eigenvalue weighted by molar-refractivity contribution is 0.345. The van der Waals surface area contributed by atoms with Crippen molar-refractivity contribution in [3.8, 4) is 0 Å². The number of rotatable bonds is 4. The second kappa shape index (κ2) is 5.40. The second-order valence-corrected chi connectivity index (χ2v) is 5.90. The molecule has 0 radical (unpaired) electrons. The van der Waals surface area contributed by atoms with Crippen LogP contribution in [0.3, 0.4) is 0 Å². The summed E-state index contributed by atoms with van der Waals surface area (Å²) in [6, 6.07) is 0. The number of hydrogen-bond acceptors (Lipinski definition) is 3. The van der Waals surface area contributed by atoms with E-state index in [0.29, 0.717) is 0 Å². The van der Waals surface area contributed by atoms with Crippen LogP contribution in [-0.2, 0) is 13.6 Å². The van der Waals surface area contributed by atoms with Gasteiger partial charge in [0.15, 0.2) is 0 Å². The second-order valence-electron chi connectivity index (χ2n) is 3.07. The van der Waals surface area contributed by atoms with E-state index in [9.17, 15) is 4.57 Å². The summed E-state index contributed by atoms with van der Waals surface area (Å²) < 4.78 is 21.0. The largest absolute Gasteiger partial charge is 0.488 e. The molecule has 0 aliphatic rings. The van der Waals surface area contributed by atoms with Crippen molar-refractivity contribution in [2.75, 3.05) is 0 Å². The van der Waals surface area contributed by atoms with E-state index in [2.05, 4.69) is 12.2 Å². The minimum Gasteiger partial charge on any atom is -0.417 e. The topological polar surface area (TPSA) is 35.5 Å². The van der Waals surface area contributed by atoms with Crippen LogP contribution in [0.5, 0.6) is 0 Å². The Balaban J connectivity index is 4.18. The Kier molecular flexibility index (Phi) is 5.26. The molecule has 0 bridgehead atoms. The van der Waals surface area contributed by atoms with Crippen LogP contribution in [-0.4, -0.2) is 0 Å². The summed E-state index contributed by atoms with van der Waals surface area (Å²) in [5.74, 6) is 0. The Bertz CT molecular complexity index is 239. The van der Waals surface area contributed by atoms with Gasteiger partial charge >= 0.3 is 6.80 Å². The molecule has 13 heavy (non-hydrogen) atoms. The first kappa shape index (κ1) is 12.7. The summed E-state index contributed by atoms with van der Waals surface area (Å²) in [6.45, 7) is 4.05. The number of thiol groups is 1. The fourth-order valence-corrected chi connectivity index (χ4v) is 1.39. The van der Waals surface area contributed by atoms with Crippen LogP contribution in [0, 0.1) is 0 Å². The van der Waals surface area contributed by atoms with Crippen LogP contribution in [0.25, 0.3) is 0 Å². The SMILES string of the molecule is CC(C)=COP(=O)(S)OC=C(C)C. The molecular weight excluding hydrogens is 207 g/mol. The van der Waals surface area contributed by atoms with Gasteiger partial charge in [0.25, 0.3) is 0 Å². The van der Waals surface area contributed by atoms with Crippen molar-refractivity contribution in [1.82, 2.24) is 0 Å². The molecule has 0 aromatic carbocycles. The van der Waals surface area contributed by atoms with Crippen LogP contribution in [0.4, 0.5) is 0 Å². The molecule has 0 aliphatic carbocycles. The molecule has 0 spiro atoms. The molecule has 3 nitrogen and oxygen atoms in total. The van der Waals surface area contributed by atoms with Gasteiger partial charge in [0.1, 0.15) is 0 Å². The normalized spacial score (nSPS) is 10.2. The maximum absolute atomic E-state index is 11.4. The van der Waals surface area contributed by atoms with Crippen LogP contribution < -0.4 is 0 Å². The van der Waals surface area contributed by atoms with Crippen molar-refractivity contribution in [2.24, 2.45) is 0 Å². The molecule has 0 atom stereocenters. The molecule has 0 aromatic heterocycles.